The summed E-state index contributed by atoms with van der Waals surface area (Å²) in [7, 11) is 0. The van der Waals surface area contributed by atoms with Crippen LogP contribution in [0.15, 0.2) is 47.2 Å². The number of nitro benzene ring substituents is 1. The average Bonchev–Trinajstić information content (AvgIpc) is 3.28. The molecule has 1 atom stereocenters. The zero-order valence-corrected chi connectivity index (χ0v) is 13.7. The summed E-state index contributed by atoms with van der Waals surface area (Å²) in [5.41, 5.74) is 1.84. The molecule has 0 spiro atoms. The predicted octanol–water partition coefficient (Wildman–Crippen LogP) is 2.72. The lowest BCUT2D eigenvalue weighted by atomic mass is 10.0. The summed E-state index contributed by atoms with van der Waals surface area (Å²) >= 11 is 0. The molecule has 4 aromatic rings. The lowest BCUT2D eigenvalue weighted by molar-refractivity contribution is -0.383. The number of aromatic amines is 1. The summed E-state index contributed by atoms with van der Waals surface area (Å²) in [6.45, 7) is 0. The number of nitro groups is 1. The van der Waals surface area contributed by atoms with Crippen LogP contribution >= 0.6 is 0 Å². The minimum Gasteiger partial charge on any atom is -0.480 e. The highest BCUT2D eigenvalue weighted by Gasteiger charge is 2.24. The summed E-state index contributed by atoms with van der Waals surface area (Å²) < 4.78 is 4.61. The Labute approximate surface area is 150 Å². The molecule has 0 saturated carbocycles. The van der Waals surface area contributed by atoms with Crippen molar-refractivity contribution in [3.8, 4) is 0 Å². The van der Waals surface area contributed by atoms with E-state index in [0.717, 1.165) is 16.5 Å². The zero-order chi connectivity index (χ0) is 19.0. The molecule has 10 nitrogen and oxygen atoms in total. The average molecular weight is 367 g/mol. The summed E-state index contributed by atoms with van der Waals surface area (Å²) in [6, 6.07) is 9.24. The first-order chi connectivity index (χ1) is 13.0. The van der Waals surface area contributed by atoms with Crippen LogP contribution in [-0.4, -0.2) is 37.3 Å². The van der Waals surface area contributed by atoms with Gasteiger partial charge in [-0.05, 0) is 28.0 Å². The van der Waals surface area contributed by atoms with E-state index in [0.29, 0.717) is 5.69 Å². The number of aromatic nitrogens is 3. The molecule has 0 radical (unpaired) electrons. The molecular weight excluding hydrogens is 354 g/mol. The molecule has 0 unspecified atom stereocenters. The van der Waals surface area contributed by atoms with Gasteiger partial charge in [0.25, 0.3) is 0 Å². The van der Waals surface area contributed by atoms with Gasteiger partial charge < -0.3 is 15.4 Å². The molecular formula is C17H13N5O5. The van der Waals surface area contributed by atoms with Gasteiger partial charge in [0, 0.05) is 29.6 Å². The van der Waals surface area contributed by atoms with Crippen molar-refractivity contribution < 1.29 is 19.5 Å². The number of nitrogens with one attached hydrogen (secondary N) is 2. The summed E-state index contributed by atoms with van der Waals surface area (Å²) in [5.74, 6) is -1.07. The normalized spacial score (nSPS) is 12.3. The third-order valence-corrected chi connectivity index (χ3v) is 4.32. The molecule has 10 heteroatoms. The number of benzene rings is 2. The molecule has 2 aromatic heterocycles. The Morgan fingerprint density at radius 1 is 1.26 bits per heavy atom. The van der Waals surface area contributed by atoms with E-state index in [-0.39, 0.29) is 23.1 Å². The standard InChI is InChI=1S/C17H13N5O5/c23-17(24)13(7-9-8-18-11-4-2-1-3-10(9)11)19-12-5-6-14(22(25)26)16-15(12)20-27-21-16/h1-6,8,13,18-19H,7H2,(H,23,24)/t13-/m0/s1. The first-order valence-corrected chi connectivity index (χ1v) is 7.98. The Morgan fingerprint density at radius 3 is 2.81 bits per heavy atom. The second-order valence-corrected chi connectivity index (χ2v) is 5.95. The quantitative estimate of drug-likeness (QED) is 0.348. The van der Waals surface area contributed by atoms with Crippen LogP contribution in [0.3, 0.4) is 0 Å². The maximum atomic E-state index is 11.8. The number of carboxylic acids is 1. The van der Waals surface area contributed by atoms with Crippen molar-refractivity contribution in [2.24, 2.45) is 0 Å². The first kappa shape index (κ1) is 16.5. The molecule has 4 rings (SSSR count). The number of rotatable bonds is 6. The molecule has 0 aliphatic carbocycles. The van der Waals surface area contributed by atoms with Crippen molar-refractivity contribution >= 4 is 39.3 Å². The second kappa shape index (κ2) is 6.41. The van der Waals surface area contributed by atoms with Crippen LogP contribution in [0.1, 0.15) is 5.56 Å². The lowest BCUT2D eigenvalue weighted by Crippen LogP contribution is -2.31. The van der Waals surface area contributed by atoms with Gasteiger partial charge in [-0.2, -0.15) is 0 Å². The molecule has 0 amide bonds. The maximum absolute atomic E-state index is 11.8. The summed E-state index contributed by atoms with van der Waals surface area (Å²) in [6.07, 6.45) is 1.97. The van der Waals surface area contributed by atoms with Gasteiger partial charge in [-0.15, -0.1) is 0 Å². The third kappa shape index (κ3) is 2.92. The smallest absolute Gasteiger partial charge is 0.326 e. The van der Waals surface area contributed by atoms with E-state index >= 15 is 0 Å². The number of fused-ring (bicyclic) bond motifs is 2. The topological polar surface area (TPSA) is 147 Å². The number of hydrogen-bond acceptors (Lipinski definition) is 7. The van der Waals surface area contributed by atoms with Gasteiger partial charge in [0.15, 0.2) is 5.52 Å². The SMILES string of the molecule is O=C(O)[C@H](Cc1c[nH]c2ccccc12)Nc1ccc([N+](=O)[O-])c2nonc12. The number of carboxylic acid groups (broad SMARTS) is 1. The van der Waals surface area contributed by atoms with Crippen LogP contribution in [-0.2, 0) is 11.2 Å². The van der Waals surface area contributed by atoms with E-state index < -0.39 is 16.9 Å². The van der Waals surface area contributed by atoms with Gasteiger partial charge in [-0.25, -0.2) is 9.42 Å². The van der Waals surface area contributed by atoms with Gasteiger partial charge in [-0.3, -0.25) is 10.1 Å². The summed E-state index contributed by atoms with van der Waals surface area (Å²) in [5, 5.41) is 31.7. The van der Waals surface area contributed by atoms with E-state index in [1.807, 2.05) is 24.3 Å². The third-order valence-electron chi connectivity index (χ3n) is 4.32. The molecule has 0 aliphatic rings. The van der Waals surface area contributed by atoms with Crippen molar-refractivity contribution in [1.82, 2.24) is 15.3 Å². The molecule has 0 aliphatic heterocycles. The Morgan fingerprint density at radius 2 is 2.04 bits per heavy atom. The Hall–Kier alpha value is -3.95. The lowest BCUT2D eigenvalue weighted by Gasteiger charge is -2.15. The number of anilines is 1. The van der Waals surface area contributed by atoms with Crippen LogP contribution in [0, 0.1) is 10.1 Å². The minimum absolute atomic E-state index is 0.0405. The van der Waals surface area contributed by atoms with Crippen molar-refractivity contribution in [2.75, 3.05) is 5.32 Å². The number of aliphatic carboxylic acids is 1. The van der Waals surface area contributed by atoms with E-state index in [9.17, 15) is 20.0 Å². The van der Waals surface area contributed by atoms with Gasteiger partial charge in [0.1, 0.15) is 6.04 Å². The fraction of sp³-hybridized carbons (Fsp3) is 0.118. The number of carbonyl (C=O) groups is 1. The van der Waals surface area contributed by atoms with Crippen molar-refractivity contribution in [1.29, 1.82) is 0 Å². The fourth-order valence-corrected chi connectivity index (χ4v) is 3.03. The Bertz CT molecular complexity index is 1160. The molecule has 0 saturated heterocycles. The summed E-state index contributed by atoms with van der Waals surface area (Å²) in [4.78, 5) is 25.4. The molecule has 2 heterocycles. The van der Waals surface area contributed by atoms with Crippen LogP contribution < -0.4 is 5.32 Å². The van der Waals surface area contributed by atoms with Gasteiger partial charge >= 0.3 is 11.7 Å². The highest BCUT2D eigenvalue weighted by Crippen LogP contribution is 2.29. The van der Waals surface area contributed by atoms with Gasteiger partial charge in [0.05, 0.1) is 10.6 Å². The number of non-ortho nitro benzene ring substituents is 1. The van der Waals surface area contributed by atoms with Crippen LogP contribution in [0.5, 0.6) is 0 Å². The molecule has 0 fully saturated rings. The number of H-pyrrole nitrogens is 1. The van der Waals surface area contributed by atoms with Crippen molar-refractivity contribution in [2.45, 2.75) is 12.5 Å². The maximum Gasteiger partial charge on any atom is 0.326 e. The zero-order valence-electron chi connectivity index (χ0n) is 13.7. The Balaban J connectivity index is 1.67. The fourth-order valence-electron chi connectivity index (χ4n) is 3.03. The van der Waals surface area contributed by atoms with Crippen LogP contribution in [0.25, 0.3) is 21.9 Å². The van der Waals surface area contributed by atoms with E-state index in [1.165, 1.54) is 12.1 Å². The Kier molecular flexibility index (Phi) is 3.92. The van der Waals surface area contributed by atoms with Crippen LogP contribution in [0.2, 0.25) is 0 Å². The van der Waals surface area contributed by atoms with Crippen LogP contribution in [0.4, 0.5) is 11.4 Å². The predicted molar refractivity (Wildman–Crippen MR) is 95.5 cm³/mol. The molecule has 0 bridgehead atoms. The number of nitrogens with zero attached hydrogens (tertiary/aromatic N) is 3. The minimum atomic E-state index is -1.07. The molecule has 2 aromatic carbocycles. The highest BCUT2D eigenvalue weighted by molar-refractivity contribution is 5.95. The highest BCUT2D eigenvalue weighted by atomic mass is 16.6. The molecule has 136 valence electrons. The monoisotopic (exact) mass is 367 g/mol. The van der Waals surface area contributed by atoms with Crippen molar-refractivity contribution in [3.05, 3.63) is 58.3 Å². The van der Waals surface area contributed by atoms with E-state index in [1.54, 1.807) is 6.20 Å². The second-order valence-electron chi connectivity index (χ2n) is 5.95. The number of hydrogen-bond donors (Lipinski definition) is 3. The van der Waals surface area contributed by atoms with E-state index in [4.69, 9.17) is 0 Å². The largest absolute Gasteiger partial charge is 0.480 e. The van der Waals surface area contributed by atoms with Gasteiger partial charge in [0.2, 0.25) is 5.52 Å². The molecule has 3 N–H and O–H groups in total. The van der Waals surface area contributed by atoms with E-state index in [2.05, 4.69) is 25.2 Å². The van der Waals surface area contributed by atoms with Gasteiger partial charge in [-0.1, -0.05) is 18.2 Å². The van der Waals surface area contributed by atoms with Crippen molar-refractivity contribution in [3.63, 3.8) is 0 Å². The molecule has 27 heavy (non-hydrogen) atoms. The first-order valence-electron chi connectivity index (χ1n) is 7.98. The number of para-hydroxylation sites is 1.